The molecule has 5 heteroatoms. The number of carbonyl (C=O) groups excluding carboxylic acids is 1. The molecular formula is C23H28N4O. The van der Waals surface area contributed by atoms with Crippen LogP contribution < -0.4 is 10.2 Å². The molecule has 0 aliphatic heterocycles. The first-order chi connectivity index (χ1) is 13.6. The summed E-state index contributed by atoms with van der Waals surface area (Å²) < 4.78 is 0. The molecule has 28 heavy (non-hydrogen) atoms. The van der Waals surface area contributed by atoms with Gasteiger partial charge in [0.15, 0.2) is 5.82 Å². The van der Waals surface area contributed by atoms with Gasteiger partial charge in [0.1, 0.15) is 5.82 Å². The number of hydrogen-bond acceptors (Lipinski definition) is 4. The van der Waals surface area contributed by atoms with Gasteiger partial charge in [-0.05, 0) is 32.4 Å². The SMILES string of the molecule is CCCN(CCC(=O)NC(C)C)c1nc(-c2ccccc2)nc2ccccc12. The Morgan fingerprint density at radius 1 is 1.00 bits per heavy atom. The van der Waals surface area contributed by atoms with Gasteiger partial charge < -0.3 is 10.2 Å². The van der Waals surface area contributed by atoms with Gasteiger partial charge in [0.25, 0.3) is 0 Å². The number of carbonyl (C=O) groups is 1. The van der Waals surface area contributed by atoms with Crippen LogP contribution in [0.5, 0.6) is 0 Å². The standard InChI is InChI=1S/C23H28N4O/c1-4-15-27(16-14-21(28)24-17(2)3)23-19-12-8-9-13-20(19)25-22(26-23)18-10-6-5-7-11-18/h5-13,17H,4,14-16H2,1-3H3,(H,24,28). The number of hydrogen-bond donors (Lipinski definition) is 1. The minimum Gasteiger partial charge on any atom is -0.355 e. The fourth-order valence-electron chi connectivity index (χ4n) is 3.24. The minimum atomic E-state index is 0.0674. The molecule has 3 aromatic rings. The zero-order valence-corrected chi connectivity index (χ0v) is 16.9. The molecule has 0 aliphatic rings. The normalized spacial score (nSPS) is 11.0. The van der Waals surface area contributed by atoms with Crippen molar-refractivity contribution in [1.29, 1.82) is 0 Å². The number of amides is 1. The van der Waals surface area contributed by atoms with Crippen LogP contribution in [-0.2, 0) is 4.79 Å². The van der Waals surface area contributed by atoms with Gasteiger partial charge >= 0.3 is 0 Å². The number of nitrogens with zero attached hydrogens (tertiary/aromatic N) is 3. The van der Waals surface area contributed by atoms with Crippen molar-refractivity contribution in [3.05, 3.63) is 54.6 Å². The molecule has 0 aliphatic carbocycles. The minimum absolute atomic E-state index is 0.0674. The Morgan fingerprint density at radius 2 is 1.71 bits per heavy atom. The molecule has 1 N–H and O–H groups in total. The summed E-state index contributed by atoms with van der Waals surface area (Å²) in [7, 11) is 0. The number of aromatic nitrogens is 2. The Kier molecular flexibility index (Phi) is 6.58. The van der Waals surface area contributed by atoms with E-state index in [1.54, 1.807) is 0 Å². The van der Waals surface area contributed by atoms with Gasteiger partial charge in [-0.2, -0.15) is 0 Å². The van der Waals surface area contributed by atoms with Crippen molar-refractivity contribution in [2.45, 2.75) is 39.7 Å². The van der Waals surface area contributed by atoms with Gasteiger partial charge in [0, 0.05) is 36.5 Å². The van der Waals surface area contributed by atoms with E-state index < -0.39 is 0 Å². The molecule has 1 aromatic heterocycles. The van der Waals surface area contributed by atoms with Crippen LogP contribution in [0.4, 0.5) is 5.82 Å². The molecule has 0 saturated heterocycles. The fraction of sp³-hybridized carbons (Fsp3) is 0.348. The van der Waals surface area contributed by atoms with Crippen LogP contribution in [0.1, 0.15) is 33.6 Å². The van der Waals surface area contributed by atoms with Crippen LogP contribution in [-0.4, -0.2) is 35.0 Å². The van der Waals surface area contributed by atoms with E-state index >= 15 is 0 Å². The van der Waals surface area contributed by atoms with E-state index in [-0.39, 0.29) is 11.9 Å². The maximum Gasteiger partial charge on any atom is 0.221 e. The highest BCUT2D eigenvalue weighted by Crippen LogP contribution is 2.27. The second-order valence-corrected chi connectivity index (χ2v) is 7.21. The van der Waals surface area contributed by atoms with E-state index in [2.05, 4.69) is 23.2 Å². The number of rotatable bonds is 8. The molecule has 0 spiro atoms. The molecule has 0 unspecified atom stereocenters. The van der Waals surface area contributed by atoms with E-state index in [1.807, 2.05) is 62.4 Å². The summed E-state index contributed by atoms with van der Waals surface area (Å²) in [5, 5.41) is 3.98. The molecule has 0 fully saturated rings. The van der Waals surface area contributed by atoms with Crippen molar-refractivity contribution >= 4 is 22.6 Å². The van der Waals surface area contributed by atoms with Gasteiger partial charge in [0.05, 0.1) is 5.52 Å². The average molecular weight is 377 g/mol. The molecule has 0 saturated carbocycles. The van der Waals surface area contributed by atoms with Crippen LogP contribution in [0.2, 0.25) is 0 Å². The van der Waals surface area contributed by atoms with Crippen LogP contribution in [0.25, 0.3) is 22.3 Å². The Labute approximate surface area is 166 Å². The maximum atomic E-state index is 12.2. The van der Waals surface area contributed by atoms with Gasteiger partial charge in [-0.15, -0.1) is 0 Å². The molecule has 0 bridgehead atoms. The summed E-state index contributed by atoms with van der Waals surface area (Å²) in [4.78, 5) is 24.1. The quantitative estimate of drug-likeness (QED) is 0.632. The molecule has 3 rings (SSSR count). The predicted molar refractivity (Wildman–Crippen MR) is 115 cm³/mol. The largest absolute Gasteiger partial charge is 0.355 e. The number of benzene rings is 2. The number of nitrogens with one attached hydrogen (secondary N) is 1. The Hall–Kier alpha value is -2.95. The van der Waals surface area contributed by atoms with Crippen molar-refractivity contribution in [3.63, 3.8) is 0 Å². The highest BCUT2D eigenvalue weighted by atomic mass is 16.1. The highest BCUT2D eigenvalue weighted by molar-refractivity contribution is 5.91. The zero-order chi connectivity index (χ0) is 19.9. The Bertz CT molecular complexity index is 924. The molecule has 0 radical (unpaired) electrons. The van der Waals surface area contributed by atoms with Crippen LogP contribution in [0.15, 0.2) is 54.6 Å². The number of anilines is 1. The van der Waals surface area contributed by atoms with E-state index in [0.29, 0.717) is 18.8 Å². The second kappa shape index (κ2) is 9.31. The Morgan fingerprint density at radius 3 is 2.43 bits per heavy atom. The third-order valence-electron chi connectivity index (χ3n) is 4.47. The topological polar surface area (TPSA) is 58.1 Å². The lowest BCUT2D eigenvalue weighted by Gasteiger charge is -2.25. The average Bonchev–Trinajstić information content (AvgIpc) is 2.70. The van der Waals surface area contributed by atoms with Crippen molar-refractivity contribution < 1.29 is 4.79 Å². The first-order valence-electron chi connectivity index (χ1n) is 9.95. The lowest BCUT2D eigenvalue weighted by Crippen LogP contribution is -2.35. The first kappa shape index (κ1) is 19.8. The summed E-state index contributed by atoms with van der Waals surface area (Å²) in [6, 6.07) is 18.2. The molecule has 0 atom stereocenters. The van der Waals surface area contributed by atoms with Crippen molar-refractivity contribution in [1.82, 2.24) is 15.3 Å². The van der Waals surface area contributed by atoms with E-state index in [4.69, 9.17) is 9.97 Å². The third-order valence-corrected chi connectivity index (χ3v) is 4.47. The van der Waals surface area contributed by atoms with Crippen molar-refractivity contribution in [2.75, 3.05) is 18.0 Å². The number of para-hydroxylation sites is 1. The number of fused-ring (bicyclic) bond motifs is 1. The summed E-state index contributed by atoms with van der Waals surface area (Å²) in [5.41, 5.74) is 1.91. The monoisotopic (exact) mass is 376 g/mol. The predicted octanol–water partition coefficient (Wildman–Crippen LogP) is 4.43. The van der Waals surface area contributed by atoms with Gasteiger partial charge in [-0.3, -0.25) is 4.79 Å². The smallest absolute Gasteiger partial charge is 0.221 e. The van der Waals surface area contributed by atoms with E-state index in [9.17, 15) is 4.79 Å². The molecule has 146 valence electrons. The van der Waals surface area contributed by atoms with Crippen molar-refractivity contribution in [3.8, 4) is 11.4 Å². The van der Waals surface area contributed by atoms with E-state index in [1.165, 1.54) is 0 Å². The van der Waals surface area contributed by atoms with Crippen molar-refractivity contribution in [2.24, 2.45) is 0 Å². The van der Waals surface area contributed by atoms with Crippen LogP contribution in [0.3, 0.4) is 0 Å². The Balaban J connectivity index is 1.98. The maximum absolute atomic E-state index is 12.2. The summed E-state index contributed by atoms with van der Waals surface area (Å²) >= 11 is 0. The fourth-order valence-corrected chi connectivity index (χ4v) is 3.24. The van der Waals surface area contributed by atoms with Gasteiger partial charge in [-0.25, -0.2) is 9.97 Å². The summed E-state index contributed by atoms with van der Waals surface area (Å²) in [6.07, 6.45) is 1.42. The molecule has 5 nitrogen and oxygen atoms in total. The third kappa shape index (κ3) is 4.85. The first-order valence-corrected chi connectivity index (χ1v) is 9.95. The van der Waals surface area contributed by atoms with Crippen LogP contribution >= 0.6 is 0 Å². The van der Waals surface area contributed by atoms with Gasteiger partial charge in [0.2, 0.25) is 5.91 Å². The molecule has 1 amide bonds. The van der Waals surface area contributed by atoms with Gasteiger partial charge in [-0.1, -0.05) is 49.4 Å². The molecule has 2 aromatic carbocycles. The molecule has 1 heterocycles. The van der Waals surface area contributed by atoms with Crippen LogP contribution in [0, 0.1) is 0 Å². The van der Waals surface area contributed by atoms with E-state index in [0.717, 1.165) is 35.2 Å². The lowest BCUT2D eigenvalue weighted by atomic mass is 10.1. The zero-order valence-electron chi connectivity index (χ0n) is 16.9. The summed E-state index contributed by atoms with van der Waals surface area (Å²) in [5.74, 6) is 1.67. The lowest BCUT2D eigenvalue weighted by molar-refractivity contribution is -0.121. The molecular weight excluding hydrogens is 348 g/mol. The summed E-state index contributed by atoms with van der Waals surface area (Å²) in [6.45, 7) is 7.56. The highest BCUT2D eigenvalue weighted by Gasteiger charge is 2.16. The second-order valence-electron chi connectivity index (χ2n) is 7.21.